The molecule has 0 saturated carbocycles. The van der Waals surface area contributed by atoms with E-state index in [1.165, 1.54) is 7.05 Å². The summed E-state index contributed by atoms with van der Waals surface area (Å²) in [5.41, 5.74) is 0.451. The fourth-order valence-corrected chi connectivity index (χ4v) is 1.09. The van der Waals surface area contributed by atoms with Crippen LogP contribution in [-0.2, 0) is 4.79 Å². The summed E-state index contributed by atoms with van der Waals surface area (Å²) in [5.74, 6) is -0.964. The molecule has 0 bridgehead atoms. The Hall–Kier alpha value is -1.52. The highest BCUT2D eigenvalue weighted by Crippen LogP contribution is 2.22. The van der Waals surface area contributed by atoms with E-state index in [2.05, 4.69) is 0 Å². The van der Waals surface area contributed by atoms with Crippen LogP contribution in [0.5, 0.6) is 0 Å². The van der Waals surface area contributed by atoms with Crippen molar-refractivity contribution in [3.63, 3.8) is 0 Å². The van der Waals surface area contributed by atoms with Crippen molar-refractivity contribution in [2.75, 3.05) is 11.9 Å². The van der Waals surface area contributed by atoms with Crippen LogP contribution in [0.1, 0.15) is 6.42 Å². The third-order valence-corrected chi connectivity index (χ3v) is 1.87. The standard InChI is InChI=1S/C10H10F3NO/c1-14(8-5-3-2-4-6-8)9(15)7-10(11,12)13/h2-6H,7H2,1H3. The highest BCUT2D eigenvalue weighted by molar-refractivity contribution is 5.93. The molecule has 0 aromatic heterocycles. The minimum Gasteiger partial charge on any atom is -0.315 e. The molecule has 0 spiro atoms. The topological polar surface area (TPSA) is 20.3 Å². The van der Waals surface area contributed by atoms with Gasteiger partial charge in [0.25, 0.3) is 0 Å². The van der Waals surface area contributed by atoms with E-state index in [9.17, 15) is 18.0 Å². The zero-order valence-corrected chi connectivity index (χ0v) is 8.08. The summed E-state index contributed by atoms with van der Waals surface area (Å²) in [4.78, 5) is 12.2. The molecule has 0 aliphatic carbocycles. The first-order valence-corrected chi connectivity index (χ1v) is 4.28. The Morgan fingerprint density at radius 3 is 2.27 bits per heavy atom. The van der Waals surface area contributed by atoms with Gasteiger partial charge in [0.2, 0.25) is 5.91 Å². The number of amides is 1. The smallest absolute Gasteiger partial charge is 0.315 e. The lowest BCUT2D eigenvalue weighted by atomic mass is 10.2. The van der Waals surface area contributed by atoms with Gasteiger partial charge in [0.05, 0.1) is 0 Å². The molecule has 1 aromatic carbocycles. The number of halogens is 3. The molecule has 1 rings (SSSR count). The van der Waals surface area contributed by atoms with E-state index in [4.69, 9.17) is 0 Å². The van der Waals surface area contributed by atoms with Crippen LogP contribution in [0.15, 0.2) is 30.3 Å². The van der Waals surface area contributed by atoms with Gasteiger partial charge in [-0.15, -0.1) is 0 Å². The monoisotopic (exact) mass is 217 g/mol. The van der Waals surface area contributed by atoms with Gasteiger partial charge in [-0.1, -0.05) is 18.2 Å². The van der Waals surface area contributed by atoms with Crippen molar-refractivity contribution in [3.8, 4) is 0 Å². The third kappa shape index (κ3) is 3.61. The van der Waals surface area contributed by atoms with E-state index in [0.29, 0.717) is 5.69 Å². The van der Waals surface area contributed by atoms with Crippen molar-refractivity contribution in [3.05, 3.63) is 30.3 Å². The van der Waals surface area contributed by atoms with Crippen LogP contribution >= 0.6 is 0 Å². The fourth-order valence-electron chi connectivity index (χ4n) is 1.09. The number of rotatable bonds is 2. The Bertz CT molecular complexity index is 334. The third-order valence-electron chi connectivity index (χ3n) is 1.87. The van der Waals surface area contributed by atoms with Crippen LogP contribution < -0.4 is 4.90 Å². The number of hydrogen-bond acceptors (Lipinski definition) is 1. The summed E-state index contributed by atoms with van der Waals surface area (Å²) < 4.78 is 35.8. The Balaban J connectivity index is 2.70. The molecule has 0 heterocycles. The summed E-state index contributed by atoms with van der Waals surface area (Å²) in [7, 11) is 1.32. The normalized spacial score (nSPS) is 11.2. The zero-order chi connectivity index (χ0) is 11.5. The van der Waals surface area contributed by atoms with Gasteiger partial charge in [-0.3, -0.25) is 4.79 Å². The van der Waals surface area contributed by atoms with Gasteiger partial charge < -0.3 is 4.90 Å². The maximum Gasteiger partial charge on any atom is 0.397 e. The predicted octanol–water partition coefficient (Wildman–Crippen LogP) is 2.60. The quantitative estimate of drug-likeness (QED) is 0.745. The first-order chi connectivity index (χ1) is 6.90. The second kappa shape index (κ2) is 4.33. The van der Waals surface area contributed by atoms with Crippen LogP contribution in [0, 0.1) is 0 Å². The number of carbonyl (C=O) groups excluding carboxylic acids is 1. The lowest BCUT2D eigenvalue weighted by Gasteiger charge is -2.17. The number of hydrogen-bond donors (Lipinski definition) is 0. The predicted molar refractivity (Wildman–Crippen MR) is 50.5 cm³/mol. The van der Waals surface area contributed by atoms with Gasteiger partial charge in [-0.2, -0.15) is 13.2 Å². The van der Waals surface area contributed by atoms with E-state index in [-0.39, 0.29) is 0 Å². The molecule has 0 fully saturated rings. The molecule has 0 aliphatic rings. The average molecular weight is 217 g/mol. The summed E-state index contributed by atoms with van der Waals surface area (Å²) >= 11 is 0. The molecule has 82 valence electrons. The first kappa shape index (κ1) is 11.6. The number of benzene rings is 1. The van der Waals surface area contributed by atoms with Crippen LogP contribution in [0.3, 0.4) is 0 Å². The number of carbonyl (C=O) groups is 1. The SMILES string of the molecule is CN(C(=O)CC(F)(F)F)c1ccccc1. The maximum absolute atomic E-state index is 11.9. The van der Waals surface area contributed by atoms with Crippen LogP contribution in [0.4, 0.5) is 18.9 Å². The number of nitrogens with zero attached hydrogens (tertiary/aromatic N) is 1. The minimum atomic E-state index is -4.46. The molecular formula is C10H10F3NO. The van der Waals surface area contributed by atoms with Gasteiger partial charge >= 0.3 is 6.18 Å². The van der Waals surface area contributed by atoms with E-state index in [0.717, 1.165) is 4.90 Å². The van der Waals surface area contributed by atoms with Gasteiger partial charge in [0.1, 0.15) is 6.42 Å². The Morgan fingerprint density at radius 2 is 1.80 bits per heavy atom. The van der Waals surface area contributed by atoms with Crippen LogP contribution in [0.2, 0.25) is 0 Å². The zero-order valence-electron chi connectivity index (χ0n) is 8.08. The molecule has 0 saturated heterocycles. The molecule has 15 heavy (non-hydrogen) atoms. The molecule has 1 amide bonds. The molecule has 2 nitrogen and oxygen atoms in total. The summed E-state index contributed by atoms with van der Waals surface area (Å²) in [6, 6.07) is 8.20. The van der Waals surface area contributed by atoms with Gasteiger partial charge in [0.15, 0.2) is 0 Å². The van der Waals surface area contributed by atoms with Crippen molar-refractivity contribution in [1.82, 2.24) is 0 Å². The first-order valence-electron chi connectivity index (χ1n) is 4.28. The number of alkyl halides is 3. The Kier molecular flexibility index (Phi) is 3.34. The fraction of sp³-hybridized carbons (Fsp3) is 0.300. The molecule has 1 aromatic rings. The summed E-state index contributed by atoms with van der Waals surface area (Å²) in [6.45, 7) is 0. The molecule has 0 atom stereocenters. The van der Waals surface area contributed by atoms with Crippen molar-refractivity contribution >= 4 is 11.6 Å². The Morgan fingerprint density at radius 1 is 1.27 bits per heavy atom. The van der Waals surface area contributed by atoms with Crippen molar-refractivity contribution in [2.45, 2.75) is 12.6 Å². The summed E-state index contributed by atoms with van der Waals surface area (Å²) in [5, 5.41) is 0. The van der Waals surface area contributed by atoms with Crippen molar-refractivity contribution in [2.24, 2.45) is 0 Å². The van der Waals surface area contributed by atoms with Gasteiger partial charge in [-0.25, -0.2) is 0 Å². The van der Waals surface area contributed by atoms with Crippen molar-refractivity contribution in [1.29, 1.82) is 0 Å². The van der Waals surface area contributed by atoms with E-state index < -0.39 is 18.5 Å². The lowest BCUT2D eigenvalue weighted by molar-refractivity contribution is -0.151. The lowest BCUT2D eigenvalue weighted by Crippen LogP contribution is -2.30. The summed E-state index contributed by atoms with van der Waals surface area (Å²) in [6.07, 6.45) is -5.89. The number of anilines is 1. The van der Waals surface area contributed by atoms with Crippen molar-refractivity contribution < 1.29 is 18.0 Å². The largest absolute Gasteiger partial charge is 0.397 e. The van der Waals surface area contributed by atoms with Gasteiger partial charge in [-0.05, 0) is 12.1 Å². The molecule has 0 aliphatic heterocycles. The molecule has 0 N–H and O–H groups in total. The molecule has 5 heteroatoms. The average Bonchev–Trinajstić information content (AvgIpc) is 2.15. The molecule has 0 radical (unpaired) electrons. The van der Waals surface area contributed by atoms with E-state index in [1.807, 2.05) is 0 Å². The maximum atomic E-state index is 11.9. The highest BCUT2D eigenvalue weighted by Gasteiger charge is 2.32. The molecular weight excluding hydrogens is 207 g/mol. The second-order valence-corrected chi connectivity index (χ2v) is 3.08. The Labute approximate surface area is 85.3 Å². The van der Waals surface area contributed by atoms with Gasteiger partial charge in [0, 0.05) is 12.7 Å². The highest BCUT2D eigenvalue weighted by atomic mass is 19.4. The van der Waals surface area contributed by atoms with Crippen LogP contribution in [-0.4, -0.2) is 19.1 Å². The minimum absolute atomic E-state index is 0.451. The number of para-hydroxylation sites is 1. The second-order valence-electron chi connectivity index (χ2n) is 3.08. The van der Waals surface area contributed by atoms with Crippen LogP contribution in [0.25, 0.3) is 0 Å². The molecule has 0 unspecified atom stereocenters. The van der Waals surface area contributed by atoms with E-state index in [1.54, 1.807) is 30.3 Å². The van der Waals surface area contributed by atoms with E-state index >= 15 is 0 Å².